The Morgan fingerprint density at radius 2 is 1.81 bits per heavy atom. The van der Waals surface area contributed by atoms with Gasteiger partial charge in [-0.05, 0) is 38.1 Å². The smallest absolute Gasteiger partial charge is 0.404 e. The summed E-state index contributed by atoms with van der Waals surface area (Å²) in [5, 5.41) is 2.40. The van der Waals surface area contributed by atoms with Crippen molar-refractivity contribution in [3.8, 4) is 5.75 Å². The number of nitrogens with one attached hydrogen (secondary N) is 2. The van der Waals surface area contributed by atoms with Crippen LogP contribution < -0.4 is 14.8 Å². The maximum Gasteiger partial charge on any atom is 0.573 e. The highest BCUT2D eigenvalue weighted by Gasteiger charge is 2.33. The largest absolute Gasteiger partial charge is 0.573 e. The van der Waals surface area contributed by atoms with Crippen molar-refractivity contribution in [1.29, 1.82) is 0 Å². The number of sulfonamides is 1. The Hall–Kier alpha value is -1.48. The van der Waals surface area contributed by atoms with E-state index in [1.165, 1.54) is 18.2 Å². The molecule has 1 fully saturated rings. The van der Waals surface area contributed by atoms with E-state index in [2.05, 4.69) is 14.8 Å². The lowest BCUT2D eigenvalue weighted by Crippen LogP contribution is -2.38. The van der Waals surface area contributed by atoms with Crippen LogP contribution in [0.4, 0.5) is 18.9 Å². The van der Waals surface area contributed by atoms with Gasteiger partial charge in [0, 0.05) is 0 Å². The molecule has 1 aromatic carbocycles. The minimum absolute atomic E-state index is 0.214. The zero-order valence-corrected chi connectivity index (χ0v) is 11.8. The molecule has 0 atom stereocenters. The van der Waals surface area contributed by atoms with Gasteiger partial charge in [0.1, 0.15) is 0 Å². The average Bonchev–Trinajstić information content (AvgIpc) is 2.40. The highest BCUT2D eigenvalue weighted by atomic mass is 32.2. The lowest BCUT2D eigenvalue weighted by atomic mass is 10.2. The molecule has 0 unspecified atom stereocenters. The summed E-state index contributed by atoms with van der Waals surface area (Å²) in [7, 11) is -3.75. The first-order valence-corrected chi connectivity index (χ1v) is 7.90. The molecule has 118 valence electrons. The molecule has 0 aliphatic carbocycles. The van der Waals surface area contributed by atoms with E-state index in [1.807, 2.05) is 0 Å². The molecule has 0 amide bonds. The first-order chi connectivity index (χ1) is 9.78. The van der Waals surface area contributed by atoms with Gasteiger partial charge in [-0.3, -0.25) is 4.72 Å². The molecule has 1 aliphatic heterocycles. The summed E-state index contributed by atoms with van der Waals surface area (Å²) in [6.07, 6.45) is -4.05. The van der Waals surface area contributed by atoms with Gasteiger partial charge in [0.05, 0.1) is 10.9 Å². The molecule has 1 saturated heterocycles. The number of alkyl halides is 3. The van der Waals surface area contributed by atoms with E-state index >= 15 is 0 Å². The second kappa shape index (κ2) is 6.10. The van der Waals surface area contributed by atoms with Crippen LogP contribution in [0.25, 0.3) is 0 Å². The van der Waals surface area contributed by atoms with E-state index in [0.717, 1.165) is 6.07 Å². The molecular formula is C12H15F3N2O3S. The van der Waals surface area contributed by atoms with Crippen molar-refractivity contribution in [3.63, 3.8) is 0 Å². The fourth-order valence-corrected chi connectivity index (χ4v) is 3.61. The third kappa shape index (κ3) is 4.50. The van der Waals surface area contributed by atoms with E-state index in [4.69, 9.17) is 0 Å². The van der Waals surface area contributed by atoms with Crippen LogP contribution in [0.15, 0.2) is 24.3 Å². The Bertz CT molecular complexity index is 584. The zero-order valence-electron chi connectivity index (χ0n) is 11.0. The van der Waals surface area contributed by atoms with Crippen molar-refractivity contribution in [1.82, 2.24) is 5.32 Å². The van der Waals surface area contributed by atoms with E-state index in [-0.39, 0.29) is 5.69 Å². The SMILES string of the molecule is O=S(=O)(Nc1ccccc1OC(F)(F)F)C1CCNCC1. The van der Waals surface area contributed by atoms with Crippen LogP contribution in [-0.2, 0) is 10.0 Å². The van der Waals surface area contributed by atoms with Gasteiger partial charge in [0.25, 0.3) is 0 Å². The molecular weight excluding hydrogens is 309 g/mol. The molecule has 0 spiro atoms. The maximum absolute atomic E-state index is 12.3. The number of para-hydroxylation sites is 2. The fraction of sp³-hybridized carbons (Fsp3) is 0.500. The Labute approximate surface area is 120 Å². The number of hydrogen-bond acceptors (Lipinski definition) is 4. The average molecular weight is 324 g/mol. The van der Waals surface area contributed by atoms with Gasteiger partial charge in [0.2, 0.25) is 10.0 Å². The second-order valence-electron chi connectivity index (χ2n) is 4.64. The van der Waals surface area contributed by atoms with Crippen molar-refractivity contribution < 1.29 is 26.3 Å². The standard InChI is InChI=1S/C12H15F3N2O3S/c13-12(14,15)20-11-4-2-1-3-10(11)17-21(18,19)9-5-7-16-8-6-9/h1-4,9,16-17H,5-8H2. The number of hydrogen-bond donors (Lipinski definition) is 2. The topological polar surface area (TPSA) is 67.4 Å². The van der Waals surface area contributed by atoms with Crippen LogP contribution in [0, 0.1) is 0 Å². The number of benzene rings is 1. The van der Waals surface area contributed by atoms with Gasteiger partial charge in [-0.1, -0.05) is 12.1 Å². The quantitative estimate of drug-likeness (QED) is 0.890. The highest BCUT2D eigenvalue weighted by molar-refractivity contribution is 7.93. The van der Waals surface area contributed by atoms with Gasteiger partial charge >= 0.3 is 6.36 Å². The predicted octanol–water partition coefficient (Wildman–Crippen LogP) is 2.08. The second-order valence-corrected chi connectivity index (χ2v) is 6.60. The summed E-state index contributed by atoms with van der Waals surface area (Å²) in [5.41, 5.74) is -0.214. The Balaban J connectivity index is 2.18. The summed E-state index contributed by atoms with van der Waals surface area (Å²) in [6, 6.07) is 5.07. The predicted molar refractivity (Wildman–Crippen MR) is 71.6 cm³/mol. The summed E-state index contributed by atoms with van der Waals surface area (Å²) in [6.45, 7) is 1.12. The highest BCUT2D eigenvalue weighted by Crippen LogP contribution is 2.31. The van der Waals surface area contributed by atoms with E-state index in [1.54, 1.807) is 0 Å². The van der Waals surface area contributed by atoms with Gasteiger partial charge in [-0.15, -0.1) is 13.2 Å². The van der Waals surface area contributed by atoms with Crippen molar-refractivity contribution in [2.24, 2.45) is 0 Å². The molecule has 0 saturated carbocycles. The van der Waals surface area contributed by atoms with E-state index < -0.39 is 27.4 Å². The monoisotopic (exact) mass is 324 g/mol. The minimum atomic E-state index is -4.88. The molecule has 0 radical (unpaired) electrons. The van der Waals surface area contributed by atoms with Crippen LogP contribution in [0.2, 0.25) is 0 Å². The number of anilines is 1. The van der Waals surface area contributed by atoms with Crippen LogP contribution in [0.5, 0.6) is 5.75 Å². The van der Waals surface area contributed by atoms with Crippen molar-refractivity contribution in [2.75, 3.05) is 17.8 Å². The van der Waals surface area contributed by atoms with E-state index in [9.17, 15) is 21.6 Å². The van der Waals surface area contributed by atoms with Crippen molar-refractivity contribution >= 4 is 15.7 Å². The molecule has 1 aliphatic rings. The Morgan fingerprint density at radius 3 is 2.43 bits per heavy atom. The molecule has 21 heavy (non-hydrogen) atoms. The Morgan fingerprint density at radius 1 is 1.19 bits per heavy atom. The first kappa shape index (κ1) is 15.9. The summed E-state index contributed by atoms with van der Waals surface area (Å²) in [4.78, 5) is 0. The van der Waals surface area contributed by atoms with E-state index in [0.29, 0.717) is 25.9 Å². The lowest BCUT2D eigenvalue weighted by molar-refractivity contribution is -0.274. The molecule has 1 aromatic rings. The van der Waals surface area contributed by atoms with Crippen LogP contribution in [0.1, 0.15) is 12.8 Å². The number of ether oxygens (including phenoxy) is 1. The number of halogens is 3. The molecule has 5 nitrogen and oxygen atoms in total. The summed E-state index contributed by atoms with van der Waals surface area (Å²) in [5.74, 6) is -0.567. The molecule has 9 heteroatoms. The lowest BCUT2D eigenvalue weighted by Gasteiger charge is -2.24. The number of rotatable bonds is 4. The Kier molecular flexibility index (Phi) is 4.62. The summed E-state index contributed by atoms with van der Waals surface area (Å²) < 4.78 is 67.3. The summed E-state index contributed by atoms with van der Waals surface area (Å²) >= 11 is 0. The molecule has 2 N–H and O–H groups in total. The van der Waals surface area contributed by atoms with Crippen molar-refractivity contribution in [3.05, 3.63) is 24.3 Å². The van der Waals surface area contributed by atoms with Crippen LogP contribution >= 0.6 is 0 Å². The van der Waals surface area contributed by atoms with Gasteiger partial charge < -0.3 is 10.1 Å². The fourth-order valence-electron chi connectivity index (χ4n) is 2.11. The molecule has 0 bridgehead atoms. The van der Waals surface area contributed by atoms with Crippen LogP contribution in [-0.4, -0.2) is 33.1 Å². The molecule has 2 rings (SSSR count). The third-order valence-electron chi connectivity index (χ3n) is 3.09. The van der Waals surface area contributed by atoms with Crippen molar-refractivity contribution in [2.45, 2.75) is 24.5 Å². The van der Waals surface area contributed by atoms with Gasteiger partial charge in [-0.2, -0.15) is 0 Å². The molecule has 1 heterocycles. The van der Waals surface area contributed by atoms with Gasteiger partial charge in [-0.25, -0.2) is 8.42 Å². The third-order valence-corrected chi connectivity index (χ3v) is 4.94. The number of piperidine rings is 1. The van der Waals surface area contributed by atoms with Gasteiger partial charge in [0.15, 0.2) is 5.75 Å². The normalized spacial score (nSPS) is 17.5. The zero-order chi connectivity index (χ0) is 15.5. The first-order valence-electron chi connectivity index (χ1n) is 6.35. The van der Waals surface area contributed by atoms with Crippen LogP contribution in [0.3, 0.4) is 0 Å². The minimum Gasteiger partial charge on any atom is -0.404 e. The molecule has 0 aromatic heterocycles. The maximum atomic E-state index is 12.3.